The van der Waals surface area contributed by atoms with E-state index in [-0.39, 0.29) is 0 Å². The molecule has 0 fully saturated rings. The highest BCUT2D eigenvalue weighted by Crippen LogP contribution is 2.13. The van der Waals surface area contributed by atoms with E-state index in [2.05, 4.69) is 27.3 Å². The summed E-state index contributed by atoms with van der Waals surface area (Å²) in [5.41, 5.74) is 4.53. The van der Waals surface area contributed by atoms with E-state index < -0.39 is 0 Å². The number of benzene rings is 1. The van der Waals surface area contributed by atoms with Crippen LogP contribution in [0.4, 0.5) is 5.95 Å². The first kappa shape index (κ1) is 11.8. The van der Waals surface area contributed by atoms with Gasteiger partial charge in [-0.15, -0.1) is 0 Å². The first-order chi connectivity index (χ1) is 9.24. The molecule has 0 aliphatic carbocycles. The van der Waals surface area contributed by atoms with E-state index in [1.807, 2.05) is 42.2 Å². The molecule has 2 N–H and O–H groups in total. The van der Waals surface area contributed by atoms with Gasteiger partial charge in [-0.1, -0.05) is 12.1 Å². The molecule has 5 heteroatoms. The average molecular weight is 255 g/mol. The highest BCUT2D eigenvalue weighted by molar-refractivity contribution is 5.77. The maximum Gasteiger partial charge on any atom is 0.201 e. The van der Waals surface area contributed by atoms with Gasteiger partial charge in [-0.2, -0.15) is 5.10 Å². The lowest BCUT2D eigenvalue weighted by molar-refractivity contribution is 0.737. The van der Waals surface area contributed by atoms with Crippen molar-refractivity contribution in [1.82, 2.24) is 19.7 Å². The molecular weight excluding hydrogens is 238 g/mol. The second kappa shape index (κ2) is 4.76. The number of rotatable bonds is 4. The molecule has 2 heterocycles. The van der Waals surface area contributed by atoms with Crippen LogP contribution in [0, 0.1) is 6.92 Å². The van der Waals surface area contributed by atoms with Crippen LogP contribution in [0.5, 0.6) is 0 Å². The van der Waals surface area contributed by atoms with Gasteiger partial charge in [0.15, 0.2) is 0 Å². The molecule has 0 aliphatic rings. The highest BCUT2D eigenvalue weighted by Gasteiger charge is 2.04. The smallest absolute Gasteiger partial charge is 0.201 e. The monoisotopic (exact) mass is 255 g/mol. The van der Waals surface area contributed by atoms with Gasteiger partial charge in [0.05, 0.1) is 17.2 Å². The van der Waals surface area contributed by atoms with Crippen molar-refractivity contribution in [3.63, 3.8) is 0 Å². The topological polar surface area (TPSA) is 58.5 Å². The summed E-state index contributed by atoms with van der Waals surface area (Å²) in [6, 6.07) is 8.02. The van der Waals surface area contributed by atoms with Crippen molar-refractivity contribution in [3.8, 4) is 0 Å². The number of nitrogens with one attached hydrogen (secondary N) is 2. The molecule has 98 valence electrons. The average Bonchev–Trinajstić information content (AvgIpc) is 2.96. The SMILES string of the molecule is Cc1c(CCNc2nc3ccccc3[nH]2)cnn1C. The van der Waals surface area contributed by atoms with Gasteiger partial charge in [-0.05, 0) is 31.0 Å². The molecule has 0 spiro atoms. The minimum absolute atomic E-state index is 0.822. The van der Waals surface area contributed by atoms with Crippen LogP contribution in [0.25, 0.3) is 11.0 Å². The summed E-state index contributed by atoms with van der Waals surface area (Å²) in [4.78, 5) is 7.74. The van der Waals surface area contributed by atoms with Crippen LogP contribution in [0.3, 0.4) is 0 Å². The quantitative estimate of drug-likeness (QED) is 0.751. The van der Waals surface area contributed by atoms with E-state index in [0.717, 1.165) is 29.9 Å². The molecule has 1 aromatic carbocycles. The Morgan fingerprint density at radius 2 is 2.16 bits per heavy atom. The second-order valence-electron chi connectivity index (χ2n) is 4.66. The van der Waals surface area contributed by atoms with Crippen molar-refractivity contribution < 1.29 is 0 Å². The third-order valence-electron chi connectivity index (χ3n) is 3.41. The van der Waals surface area contributed by atoms with Crippen molar-refractivity contribution in [1.29, 1.82) is 0 Å². The van der Waals surface area contributed by atoms with Gasteiger partial charge in [-0.3, -0.25) is 4.68 Å². The minimum Gasteiger partial charge on any atom is -0.355 e. The van der Waals surface area contributed by atoms with E-state index in [1.165, 1.54) is 11.3 Å². The van der Waals surface area contributed by atoms with E-state index in [0.29, 0.717) is 0 Å². The Morgan fingerprint density at radius 1 is 1.32 bits per heavy atom. The molecule has 0 aliphatic heterocycles. The summed E-state index contributed by atoms with van der Waals surface area (Å²) in [6.07, 6.45) is 2.87. The van der Waals surface area contributed by atoms with Crippen LogP contribution in [0.1, 0.15) is 11.3 Å². The Hall–Kier alpha value is -2.30. The van der Waals surface area contributed by atoms with Crippen LogP contribution in [-0.4, -0.2) is 26.3 Å². The third-order valence-corrected chi connectivity index (χ3v) is 3.41. The lowest BCUT2D eigenvalue weighted by Crippen LogP contribution is -2.06. The number of hydrogen-bond acceptors (Lipinski definition) is 3. The number of para-hydroxylation sites is 2. The van der Waals surface area contributed by atoms with Crippen molar-refractivity contribution in [2.24, 2.45) is 7.05 Å². The summed E-state index contributed by atoms with van der Waals surface area (Å²) < 4.78 is 1.90. The molecule has 5 nitrogen and oxygen atoms in total. The lowest BCUT2D eigenvalue weighted by atomic mass is 10.2. The fraction of sp³-hybridized carbons (Fsp3) is 0.286. The molecule has 0 bridgehead atoms. The first-order valence-corrected chi connectivity index (χ1v) is 6.40. The predicted molar refractivity (Wildman–Crippen MR) is 76.2 cm³/mol. The maximum atomic E-state index is 4.48. The normalized spacial score (nSPS) is 11.1. The molecular formula is C14H17N5. The van der Waals surface area contributed by atoms with Gasteiger partial charge < -0.3 is 10.3 Å². The maximum absolute atomic E-state index is 4.48. The Bertz CT molecular complexity index is 662. The molecule has 0 saturated carbocycles. The number of nitrogens with zero attached hydrogens (tertiary/aromatic N) is 3. The Kier molecular flexibility index (Phi) is 2.95. The molecule has 2 aromatic heterocycles. The Balaban J connectivity index is 1.64. The van der Waals surface area contributed by atoms with Gasteiger partial charge in [0, 0.05) is 19.3 Å². The Labute approximate surface area is 111 Å². The van der Waals surface area contributed by atoms with Crippen molar-refractivity contribution in [3.05, 3.63) is 41.7 Å². The third kappa shape index (κ3) is 2.31. The fourth-order valence-electron chi connectivity index (χ4n) is 2.14. The summed E-state index contributed by atoms with van der Waals surface area (Å²) in [5.74, 6) is 0.822. The molecule has 3 aromatic rings. The predicted octanol–water partition coefficient (Wildman–Crippen LogP) is 2.26. The molecule has 19 heavy (non-hydrogen) atoms. The zero-order chi connectivity index (χ0) is 13.2. The number of fused-ring (bicyclic) bond motifs is 1. The van der Waals surface area contributed by atoms with Crippen molar-refractivity contribution in [2.45, 2.75) is 13.3 Å². The fourth-order valence-corrected chi connectivity index (χ4v) is 2.14. The largest absolute Gasteiger partial charge is 0.355 e. The van der Waals surface area contributed by atoms with Crippen LogP contribution in [-0.2, 0) is 13.5 Å². The number of hydrogen-bond donors (Lipinski definition) is 2. The zero-order valence-corrected chi connectivity index (χ0v) is 11.1. The van der Waals surface area contributed by atoms with Crippen LogP contribution in [0.15, 0.2) is 30.5 Å². The van der Waals surface area contributed by atoms with E-state index in [4.69, 9.17) is 0 Å². The van der Waals surface area contributed by atoms with Gasteiger partial charge in [0.2, 0.25) is 5.95 Å². The standard InChI is InChI=1S/C14H17N5/c1-10-11(9-16-19(10)2)7-8-15-14-17-12-5-3-4-6-13(12)18-14/h3-6,9H,7-8H2,1-2H3,(H2,15,17,18). The van der Waals surface area contributed by atoms with Gasteiger partial charge >= 0.3 is 0 Å². The summed E-state index contributed by atoms with van der Waals surface area (Å²) in [7, 11) is 1.96. The van der Waals surface area contributed by atoms with Gasteiger partial charge in [-0.25, -0.2) is 4.98 Å². The van der Waals surface area contributed by atoms with E-state index >= 15 is 0 Å². The number of H-pyrrole nitrogens is 1. The second-order valence-corrected chi connectivity index (χ2v) is 4.66. The van der Waals surface area contributed by atoms with Crippen LogP contribution >= 0.6 is 0 Å². The molecule has 0 amide bonds. The zero-order valence-electron chi connectivity index (χ0n) is 11.1. The number of aryl methyl sites for hydroxylation is 1. The highest BCUT2D eigenvalue weighted by atomic mass is 15.3. The Morgan fingerprint density at radius 3 is 2.89 bits per heavy atom. The lowest BCUT2D eigenvalue weighted by Gasteiger charge is -2.02. The molecule has 0 unspecified atom stereocenters. The molecule has 0 radical (unpaired) electrons. The molecule has 0 atom stereocenters. The van der Waals surface area contributed by atoms with Crippen LogP contribution < -0.4 is 5.32 Å². The number of aromatic nitrogens is 4. The van der Waals surface area contributed by atoms with Gasteiger partial charge in [0.1, 0.15) is 0 Å². The van der Waals surface area contributed by atoms with Gasteiger partial charge in [0.25, 0.3) is 0 Å². The van der Waals surface area contributed by atoms with Crippen LogP contribution in [0.2, 0.25) is 0 Å². The van der Waals surface area contributed by atoms with Crippen molar-refractivity contribution in [2.75, 3.05) is 11.9 Å². The number of imidazole rings is 1. The summed E-state index contributed by atoms with van der Waals surface area (Å²) in [6.45, 7) is 2.93. The number of anilines is 1. The summed E-state index contributed by atoms with van der Waals surface area (Å²) in [5, 5.41) is 7.56. The minimum atomic E-state index is 0.822. The van der Waals surface area contributed by atoms with Crippen molar-refractivity contribution >= 4 is 17.0 Å². The van der Waals surface area contributed by atoms with E-state index in [9.17, 15) is 0 Å². The molecule has 3 rings (SSSR count). The summed E-state index contributed by atoms with van der Waals surface area (Å²) >= 11 is 0. The first-order valence-electron chi connectivity index (χ1n) is 6.40. The number of aromatic amines is 1. The molecule has 0 saturated heterocycles. The van der Waals surface area contributed by atoms with E-state index in [1.54, 1.807) is 0 Å².